The summed E-state index contributed by atoms with van der Waals surface area (Å²) < 4.78 is 1.40. The minimum Gasteiger partial charge on any atom is -0.362 e. The molecule has 1 aliphatic heterocycles. The normalized spacial score (nSPS) is 13.7. The number of aromatic amines is 1. The van der Waals surface area contributed by atoms with Gasteiger partial charge in [-0.15, -0.1) is 0 Å². The summed E-state index contributed by atoms with van der Waals surface area (Å²) >= 11 is 0. The van der Waals surface area contributed by atoms with Crippen LogP contribution in [-0.2, 0) is 11.3 Å². The van der Waals surface area contributed by atoms with Crippen molar-refractivity contribution in [2.75, 3.05) is 11.9 Å². The Bertz CT molecular complexity index is 1540. The van der Waals surface area contributed by atoms with Crippen molar-refractivity contribution in [3.63, 3.8) is 0 Å². The molecular formula is C27H22N6O3. The maximum Gasteiger partial charge on any atom is 0.263 e. The minimum absolute atomic E-state index is 0.0449. The molecule has 4 aromatic rings. The highest BCUT2D eigenvalue weighted by molar-refractivity contribution is 6.34. The number of carbonyl (C=O) groups excluding carboxylic acids is 2. The van der Waals surface area contributed by atoms with Crippen molar-refractivity contribution in [3.05, 3.63) is 118 Å². The van der Waals surface area contributed by atoms with Gasteiger partial charge < -0.3 is 20.2 Å². The van der Waals surface area contributed by atoms with E-state index in [0.29, 0.717) is 11.4 Å². The average molecular weight is 479 g/mol. The van der Waals surface area contributed by atoms with Crippen LogP contribution in [0.2, 0.25) is 0 Å². The number of benzene rings is 1. The molecule has 5 rings (SSSR count). The van der Waals surface area contributed by atoms with Crippen LogP contribution in [-0.4, -0.2) is 37.9 Å². The highest BCUT2D eigenvalue weighted by Gasteiger charge is 2.24. The van der Waals surface area contributed by atoms with Crippen molar-refractivity contribution in [2.24, 2.45) is 0 Å². The van der Waals surface area contributed by atoms with Crippen molar-refractivity contribution in [2.45, 2.75) is 6.54 Å². The summed E-state index contributed by atoms with van der Waals surface area (Å²) in [6.07, 6.45) is 12.0. The standard InChI is InChI=1S/C27H22N6O3/c34-25(21-7-3-14-33(27(21)36)17-24-29-12-4-13-30-24)31-11-1-5-18-8-9-20-22(16-19-6-2-10-28-19)26(35)32-23(20)15-18/h1-10,12-16,28H,11,17H2,(H,31,34)(H,32,35)/b5-1+,22-16-. The Balaban J connectivity index is 1.22. The molecular weight excluding hydrogens is 456 g/mol. The molecule has 3 N–H and O–H groups in total. The van der Waals surface area contributed by atoms with E-state index in [1.165, 1.54) is 10.6 Å². The van der Waals surface area contributed by atoms with Crippen molar-refractivity contribution in [1.82, 2.24) is 24.8 Å². The third-order valence-corrected chi connectivity index (χ3v) is 5.64. The molecule has 2 amide bonds. The number of nitrogens with zero attached hydrogens (tertiary/aromatic N) is 3. The SMILES string of the molecule is O=C1Nc2cc(/C=C/CNC(=O)c3cccn(Cc4ncccn4)c3=O)ccc2/C1=C/c1ccc[nH]1. The van der Waals surface area contributed by atoms with Gasteiger partial charge in [0.05, 0.1) is 12.1 Å². The Morgan fingerprint density at radius 3 is 2.72 bits per heavy atom. The minimum atomic E-state index is -0.465. The number of fused-ring (bicyclic) bond motifs is 1. The molecule has 178 valence electrons. The Kier molecular flexibility index (Phi) is 6.35. The van der Waals surface area contributed by atoms with E-state index in [1.54, 1.807) is 43.0 Å². The van der Waals surface area contributed by atoms with Crippen LogP contribution >= 0.6 is 0 Å². The average Bonchev–Trinajstić information content (AvgIpc) is 3.51. The zero-order valence-corrected chi connectivity index (χ0v) is 19.1. The highest BCUT2D eigenvalue weighted by Crippen LogP contribution is 2.33. The number of aromatic nitrogens is 4. The van der Waals surface area contributed by atoms with Gasteiger partial charge in [-0.25, -0.2) is 9.97 Å². The summed E-state index contributed by atoms with van der Waals surface area (Å²) in [5.41, 5.74) is 3.52. The van der Waals surface area contributed by atoms with Gasteiger partial charge in [0.25, 0.3) is 17.4 Å². The summed E-state index contributed by atoms with van der Waals surface area (Å²) in [5, 5.41) is 5.63. The molecule has 3 aromatic heterocycles. The molecule has 0 bridgehead atoms. The number of nitrogens with one attached hydrogen (secondary N) is 3. The lowest BCUT2D eigenvalue weighted by molar-refractivity contribution is -0.110. The van der Waals surface area contributed by atoms with Gasteiger partial charge in [0.1, 0.15) is 11.4 Å². The number of anilines is 1. The number of amides is 2. The number of hydrogen-bond donors (Lipinski definition) is 3. The Labute approximate surface area is 206 Å². The van der Waals surface area contributed by atoms with Gasteiger partial charge in [0, 0.05) is 48.3 Å². The first-order valence-corrected chi connectivity index (χ1v) is 11.3. The van der Waals surface area contributed by atoms with E-state index >= 15 is 0 Å². The van der Waals surface area contributed by atoms with E-state index in [0.717, 1.165) is 22.5 Å². The fourth-order valence-electron chi connectivity index (χ4n) is 3.89. The van der Waals surface area contributed by atoms with Gasteiger partial charge in [-0.2, -0.15) is 0 Å². The van der Waals surface area contributed by atoms with Crippen molar-refractivity contribution in [1.29, 1.82) is 0 Å². The number of rotatable bonds is 7. The van der Waals surface area contributed by atoms with Crippen LogP contribution in [0.3, 0.4) is 0 Å². The number of pyridine rings is 1. The van der Waals surface area contributed by atoms with Gasteiger partial charge in [-0.1, -0.05) is 24.3 Å². The van der Waals surface area contributed by atoms with Gasteiger partial charge in [0.2, 0.25) is 0 Å². The van der Waals surface area contributed by atoms with Gasteiger partial charge in [-0.05, 0) is 48.0 Å². The van der Waals surface area contributed by atoms with Crippen LogP contribution in [0.4, 0.5) is 5.69 Å². The van der Waals surface area contributed by atoms with Crippen molar-refractivity contribution in [3.8, 4) is 0 Å². The van der Waals surface area contributed by atoms with Crippen molar-refractivity contribution < 1.29 is 9.59 Å². The molecule has 9 nitrogen and oxygen atoms in total. The van der Waals surface area contributed by atoms with Gasteiger partial charge in [0.15, 0.2) is 0 Å². The number of hydrogen-bond acceptors (Lipinski definition) is 5. The van der Waals surface area contributed by atoms with Crippen LogP contribution in [0.15, 0.2) is 84.2 Å². The summed E-state index contributed by atoms with van der Waals surface area (Å²) in [6, 6.07) is 14.3. The second-order valence-electron chi connectivity index (χ2n) is 8.07. The molecule has 1 aromatic carbocycles. The molecule has 0 atom stereocenters. The van der Waals surface area contributed by atoms with Crippen LogP contribution in [0.1, 0.15) is 33.0 Å². The lowest BCUT2D eigenvalue weighted by atomic mass is 10.0. The van der Waals surface area contributed by atoms with E-state index in [9.17, 15) is 14.4 Å². The molecule has 36 heavy (non-hydrogen) atoms. The van der Waals surface area contributed by atoms with Crippen LogP contribution in [0.5, 0.6) is 0 Å². The molecule has 0 spiro atoms. The topological polar surface area (TPSA) is 122 Å². The van der Waals surface area contributed by atoms with Crippen molar-refractivity contribution >= 4 is 35.2 Å². The first-order chi connectivity index (χ1) is 17.6. The van der Waals surface area contributed by atoms with Crippen LogP contribution in [0.25, 0.3) is 17.7 Å². The van der Waals surface area contributed by atoms with E-state index < -0.39 is 11.5 Å². The molecule has 0 aliphatic carbocycles. The molecule has 1 aliphatic rings. The molecule has 0 radical (unpaired) electrons. The van der Waals surface area contributed by atoms with Crippen LogP contribution in [0, 0.1) is 0 Å². The van der Waals surface area contributed by atoms with E-state index in [-0.39, 0.29) is 24.6 Å². The smallest absolute Gasteiger partial charge is 0.263 e. The molecule has 0 fully saturated rings. The monoisotopic (exact) mass is 478 g/mol. The third-order valence-electron chi connectivity index (χ3n) is 5.64. The zero-order chi connectivity index (χ0) is 24.9. The largest absolute Gasteiger partial charge is 0.362 e. The fourth-order valence-corrected chi connectivity index (χ4v) is 3.89. The molecule has 9 heteroatoms. The molecule has 0 saturated carbocycles. The first-order valence-electron chi connectivity index (χ1n) is 11.3. The summed E-state index contributed by atoms with van der Waals surface area (Å²) in [6.45, 7) is 0.411. The Hall–Kier alpha value is -5.05. The van der Waals surface area contributed by atoms with E-state index in [4.69, 9.17) is 0 Å². The van der Waals surface area contributed by atoms with Gasteiger partial charge >= 0.3 is 0 Å². The molecule has 0 unspecified atom stereocenters. The second-order valence-corrected chi connectivity index (χ2v) is 8.07. The maximum atomic E-state index is 12.7. The maximum absolute atomic E-state index is 12.7. The summed E-state index contributed by atoms with van der Waals surface area (Å²) in [4.78, 5) is 49.0. The Morgan fingerprint density at radius 1 is 1.06 bits per heavy atom. The first kappa shape index (κ1) is 22.7. The van der Waals surface area contributed by atoms with Crippen LogP contribution < -0.4 is 16.2 Å². The quantitative estimate of drug-likeness (QED) is 0.353. The predicted octanol–water partition coefficient (Wildman–Crippen LogP) is 2.95. The number of H-pyrrole nitrogens is 1. The summed E-state index contributed by atoms with van der Waals surface area (Å²) in [7, 11) is 0. The lowest BCUT2D eigenvalue weighted by Gasteiger charge is -2.07. The zero-order valence-electron chi connectivity index (χ0n) is 19.1. The third kappa shape index (κ3) is 4.90. The molecule has 4 heterocycles. The predicted molar refractivity (Wildman–Crippen MR) is 137 cm³/mol. The fraction of sp³-hybridized carbons (Fsp3) is 0.0741. The summed E-state index contributed by atoms with van der Waals surface area (Å²) in [5.74, 6) is -0.133. The van der Waals surface area contributed by atoms with E-state index in [1.807, 2.05) is 42.5 Å². The number of carbonyl (C=O) groups is 2. The highest BCUT2D eigenvalue weighted by atomic mass is 16.2. The second kappa shape index (κ2) is 10.1. The lowest BCUT2D eigenvalue weighted by Crippen LogP contribution is -2.33. The van der Waals surface area contributed by atoms with Gasteiger partial charge in [-0.3, -0.25) is 14.4 Å². The van der Waals surface area contributed by atoms with E-state index in [2.05, 4.69) is 25.6 Å². The molecule has 0 saturated heterocycles. The Morgan fingerprint density at radius 2 is 1.92 bits per heavy atom.